The van der Waals surface area contributed by atoms with E-state index in [1.54, 1.807) is 0 Å². The topological polar surface area (TPSA) is 0 Å². The van der Waals surface area contributed by atoms with Crippen molar-refractivity contribution in [2.75, 3.05) is 0 Å². The zero-order chi connectivity index (χ0) is 5.70. The van der Waals surface area contributed by atoms with Gasteiger partial charge in [-0.3, -0.25) is 0 Å². The van der Waals surface area contributed by atoms with Crippen LogP contribution in [-0.4, -0.2) is 15.1 Å². The maximum absolute atomic E-state index is 2.26. The SMILES string of the molecule is CCB(CC)CC.[B].[Ti]. The van der Waals surface area contributed by atoms with Crippen molar-refractivity contribution in [3.8, 4) is 0 Å². The second-order valence-electron chi connectivity index (χ2n) is 2.09. The Kier molecular flexibility index (Phi) is 21.2. The van der Waals surface area contributed by atoms with Gasteiger partial charge in [0.25, 0.3) is 0 Å². The number of hydrogen-bond acceptors (Lipinski definition) is 0. The molecule has 0 atom stereocenters. The molecule has 0 aliphatic heterocycles. The van der Waals surface area contributed by atoms with Crippen molar-refractivity contribution in [1.29, 1.82) is 0 Å². The molecule has 3 radical (unpaired) electrons. The van der Waals surface area contributed by atoms with Crippen molar-refractivity contribution in [2.45, 2.75) is 39.7 Å². The van der Waals surface area contributed by atoms with Crippen LogP contribution in [0.5, 0.6) is 0 Å². The van der Waals surface area contributed by atoms with Crippen LogP contribution in [0.3, 0.4) is 0 Å². The largest absolute Gasteiger partial charge is 0.139 e. The predicted octanol–water partition coefficient (Wildman–Crippen LogP) is 2.16. The average Bonchev–Trinajstić information content (AvgIpc) is 1.72. The average molecular weight is 157 g/mol. The molecule has 0 spiro atoms. The first-order chi connectivity index (χ1) is 3.35. The van der Waals surface area contributed by atoms with E-state index in [1.165, 1.54) is 19.0 Å². The molecule has 49 valence electrons. The van der Waals surface area contributed by atoms with E-state index in [9.17, 15) is 0 Å². The normalized spacial score (nSPS) is 7.00. The fraction of sp³-hybridized carbons (Fsp3) is 1.00. The molecule has 0 aliphatic rings. The Morgan fingerprint density at radius 1 is 0.889 bits per heavy atom. The number of rotatable bonds is 3. The summed E-state index contributed by atoms with van der Waals surface area (Å²) in [6.45, 7) is 7.77. The standard InChI is InChI=1S/C6H15B.B.Ti/c1-4-7(5-2)6-3;;/h4-6H2,1-3H3;;. The van der Waals surface area contributed by atoms with Crippen molar-refractivity contribution >= 4 is 15.1 Å². The van der Waals surface area contributed by atoms with Crippen LogP contribution < -0.4 is 0 Å². The maximum atomic E-state index is 2.26. The monoisotopic (exact) mass is 157 g/mol. The molecule has 0 aromatic rings. The second-order valence-corrected chi connectivity index (χ2v) is 2.09. The molecule has 0 saturated carbocycles. The molecule has 3 heteroatoms. The minimum Gasteiger partial charge on any atom is -0.0770 e. The van der Waals surface area contributed by atoms with Gasteiger partial charge in [-0.15, -0.1) is 0 Å². The summed E-state index contributed by atoms with van der Waals surface area (Å²) in [5.41, 5.74) is 0. The van der Waals surface area contributed by atoms with Crippen LogP contribution in [0.25, 0.3) is 0 Å². The fourth-order valence-electron chi connectivity index (χ4n) is 0.866. The quantitative estimate of drug-likeness (QED) is 0.550. The van der Waals surface area contributed by atoms with E-state index in [2.05, 4.69) is 20.8 Å². The first-order valence-electron chi connectivity index (χ1n) is 3.35. The van der Waals surface area contributed by atoms with Crippen LogP contribution in [0.15, 0.2) is 0 Å². The van der Waals surface area contributed by atoms with Crippen LogP contribution >= 0.6 is 0 Å². The Hall–Kier alpha value is 0.844. The van der Waals surface area contributed by atoms with Gasteiger partial charge in [0.1, 0.15) is 6.71 Å². The molecule has 0 aromatic heterocycles. The van der Waals surface area contributed by atoms with Crippen molar-refractivity contribution < 1.29 is 21.7 Å². The Morgan fingerprint density at radius 3 is 1.11 bits per heavy atom. The first kappa shape index (κ1) is 16.4. The zero-order valence-electron chi connectivity index (χ0n) is 6.78. The summed E-state index contributed by atoms with van der Waals surface area (Å²) in [7, 11) is 0. The van der Waals surface area contributed by atoms with Gasteiger partial charge in [-0.1, -0.05) is 39.7 Å². The van der Waals surface area contributed by atoms with Gasteiger partial charge in [0, 0.05) is 30.1 Å². The van der Waals surface area contributed by atoms with E-state index >= 15 is 0 Å². The Balaban J connectivity index is -0.000000180. The van der Waals surface area contributed by atoms with Crippen LogP contribution in [0, 0.1) is 0 Å². The molecule has 9 heavy (non-hydrogen) atoms. The molecular weight excluding hydrogens is 142 g/mol. The third-order valence-electron chi connectivity index (χ3n) is 1.73. The fourth-order valence-corrected chi connectivity index (χ4v) is 0.866. The molecule has 0 saturated heterocycles. The molecule has 0 aliphatic carbocycles. The Morgan fingerprint density at radius 2 is 1.11 bits per heavy atom. The maximum Gasteiger partial charge on any atom is 0.139 e. The molecule has 0 aromatic carbocycles. The van der Waals surface area contributed by atoms with E-state index in [1.807, 2.05) is 0 Å². The van der Waals surface area contributed by atoms with Crippen molar-refractivity contribution in [3.05, 3.63) is 0 Å². The van der Waals surface area contributed by atoms with Gasteiger partial charge < -0.3 is 0 Å². The molecule has 0 fully saturated rings. The van der Waals surface area contributed by atoms with Gasteiger partial charge in [-0.05, 0) is 0 Å². The van der Waals surface area contributed by atoms with Gasteiger partial charge in [0.2, 0.25) is 0 Å². The third kappa shape index (κ3) is 8.84. The summed E-state index contributed by atoms with van der Waals surface area (Å²) in [6.07, 6.45) is 4.06. The van der Waals surface area contributed by atoms with Crippen LogP contribution in [0.2, 0.25) is 19.0 Å². The van der Waals surface area contributed by atoms with E-state index < -0.39 is 0 Å². The Labute approximate surface area is 76.7 Å². The van der Waals surface area contributed by atoms with Gasteiger partial charge in [-0.25, -0.2) is 0 Å². The minimum absolute atomic E-state index is 0. The second kappa shape index (κ2) is 11.6. The molecular formula is C6H15B2Ti. The minimum atomic E-state index is 0. The van der Waals surface area contributed by atoms with Gasteiger partial charge >= 0.3 is 0 Å². The van der Waals surface area contributed by atoms with E-state index in [-0.39, 0.29) is 30.1 Å². The Bertz CT molecular complexity index is 32.5. The van der Waals surface area contributed by atoms with E-state index in [4.69, 9.17) is 0 Å². The summed E-state index contributed by atoms with van der Waals surface area (Å²) in [5.74, 6) is 0. The van der Waals surface area contributed by atoms with Gasteiger partial charge in [0.05, 0.1) is 0 Å². The summed E-state index contributed by atoms with van der Waals surface area (Å²) in [4.78, 5) is 0. The summed E-state index contributed by atoms with van der Waals surface area (Å²) >= 11 is 0. The number of hydrogen-bond donors (Lipinski definition) is 0. The molecule has 0 heterocycles. The predicted molar refractivity (Wildman–Crippen MR) is 43.0 cm³/mol. The van der Waals surface area contributed by atoms with E-state index in [0.717, 1.165) is 6.71 Å². The molecule has 0 amide bonds. The summed E-state index contributed by atoms with van der Waals surface area (Å²) < 4.78 is 0. The molecule has 0 bridgehead atoms. The van der Waals surface area contributed by atoms with Crippen LogP contribution in [-0.2, 0) is 21.7 Å². The zero-order valence-corrected chi connectivity index (χ0v) is 8.34. The van der Waals surface area contributed by atoms with Gasteiger partial charge in [0.15, 0.2) is 0 Å². The van der Waals surface area contributed by atoms with Crippen molar-refractivity contribution in [2.24, 2.45) is 0 Å². The summed E-state index contributed by atoms with van der Waals surface area (Å²) in [5, 5.41) is 0. The summed E-state index contributed by atoms with van der Waals surface area (Å²) in [6, 6.07) is 0. The van der Waals surface area contributed by atoms with Crippen molar-refractivity contribution in [3.63, 3.8) is 0 Å². The van der Waals surface area contributed by atoms with Gasteiger partial charge in [-0.2, -0.15) is 0 Å². The smallest absolute Gasteiger partial charge is 0.0770 e. The van der Waals surface area contributed by atoms with Crippen molar-refractivity contribution in [1.82, 2.24) is 0 Å². The third-order valence-corrected chi connectivity index (χ3v) is 1.73. The molecule has 0 nitrogen and oxygen atoms in total. The molecule has 0 unspecified atom stereocenters. The first-order valence-corrected chi connectivity index (χ1v) is 3.35. The van der Waals surface area contributed by atoms with Crippen LogP contribution in [0.1, 0.15) is 20.8 Å². The molecule has 0 rings (SSSR count). The van der Waals surface area contributed by atoms with E-state index in [0.29, 0.717) is 0 Å². The van der Waals surface area contributed by atoms with Crippen LogP contribution in [0.4, 0.5) is 0 Å². The molecule has 0 N–H and O–H groups in total.